The molecule has 54 valence electrons. The van der Waals surface area contributed by atoms with Gasteiger partial charge in [0.2, 0.25) is 0 Å². The van der Waals surface area contributed by atoms with E-state index < -0.39 is 0 Å². The molecule has 0 N–H and O–H groups in total. The summed E-state index contributed by atoms with van der Waals surface area (Å²) in [6.07, 6.45) is 7.37. The van der Waals surface area contributed by atoms with Crippen molar-refractivity contribution in [1.29, 1.82) is 0 Å². The van der Waals surface area contributed by atoms with E-state index in [2.05, 4.69) is 13.8 Å². The van der Waals surface area contributed by atoms with Crippen LogP contribution in [0.3, 0.4) is 0 Å². The molecule has 1 aliphatic carbocycles. The van der Waals surface area contributed by atoms with E-state index in [1.807, 2.05) is 0 Å². The molecule has 0 nitrogen and oxygen atoms in total. The zero-order valence-electron chi connectivity index (χ0n) is 6.69. The summed E-state index contributed by atoms with van der Waals surface area (Å²) in [6.45, 7) is 4.68. The van der Waals surface area contributed by atoms with E-state index >= 15 is 0 Å². The third-order valence-electron chi connectivity index (χ3n) is 2.50. The van der Waals surface area contributed by atoms with Crippen LogP contribution >= 0.6 is 0 Å². The molecule has 0 spiro atoms. The van der Waals surface area contributed by atoms with Crippen LogP contribution in [0.5, 0.6) is 0 Å². The summed E-state index contributed by atoms with van der Waals surface area (Å²) in [5.41, 5.74) is 0. The van der Waals surface area contributed by atoms with E-state index in [0.29, 0.717) is 0 Å². The molecule has 0 radical (unpaired) electrons. The van der Waals surface area contributed by atoms with E-state index in [0.717, 1.165) is 11.8 Å². The minimum Gasteiger partial charge on any atom is -0.0654 e. The van der Waals surface area contributed by atoms with Gasteiger partial charge in [-0.2, -0.15) is 0 Å². The van der Waals surface area contributed by atoms with Crippen molar-refractivity contribution in [2.75, 3.05) is 0 Å². The maximum atomic E-state index is 2.38. The van der Waals surface area contributed by atoms with Crippen molar-refractivity contribution in [2.45, 2.75) is 46.0 Å². The monoisotopic (exact) mass is 126 g/mol. The predicted molar refractivity (Wildman–Crippen MR) is 41.4 cm³/mol. The zero-order valence-corrected chi connectivity index (χ0v) is 6.69. The van der Waals surface area contributed by atoms with Gasteiger partial charge in [0, 0.05) is 0 Å². The Morgan fingerprint density at radius 1 is 1.33 bits per heavy atom. The molecule has 1 saturated carbocycles. The van der Waals surface area contributed by atoms with Crippen LogP contribution in [0.1, 0.15) is 46.0 Å². The Hall–Kier alpha value is 0. The van der Waals surface area contributed by atoms with E-state index in [1.54, 1.807) is 0 Å². The molecule has 2 atom stereocenters. The van der Waals surface area contributed by atoms with Crippen LogP contribution in [0.2, 0.25) is 0 Å². The number of hydrogen-bond donors (Lipinski definition) is 0. The quantitative estimate of drug-likeness (QED) is 0.533. The molecule has 1 fully saturated rings. The highest BCUT2D eigenvalue weighted by Gasteiger charge is 2.19. The molecule has 0 aromatic heterocycles. The summed E-state index contributed by atoms with van der Waals surface area (Å²) in [7, 11) is 0. The minimum absolute atomic E-state index is 1.03. The molecular weight excluding hydrogens is 108 g/mol. The van der Waals surface area contributed by atoms with Crippen molar-refractivity contribution in [1.82, 2.24) is 0 Å². The molecule has 9 heavy (non-hydrogen) atoms. The Kier molecular flexibility index (Phi) is 2.56. The van der Waals surface area contributed by atoms with Crippen molar-refractivity contribution in [3.63, 3.8) is 0 Å². The Morgan fingerprint density at radius 3 is 2.56 bits per heavy atom. The van der Waals surface area contributed by atoms with Gasteiger partial charge in [0.15, 0.2) is 0 Å². The third kappa shape index (κ3) is 2.00. The second kappa shape index (κ2) is 3.24. The van der Waals surface area contributed by atoms with Gasteiger partial charge >= 0.3 is 0 Å². The van der Waals surface area contributed by atoms with Gasteiger partial charge < -0.3 is 0 Å². The van der Waals surface area contributed by atoms with Crippen LogP contribution < -0.4 is 0 Å². The highest BCUT2D eigenvalue weighted by atomic mass is 14.2. The molecular formula is C9H18. The van der Waals surface area contributed by atoms with Gasteiger partial charge in [-0.05, 0) is 18.3 Å². The van der Waals surface area contributed by atoms with Gasteiger partial charge in [-0.25, -0.2) is 0 Å². The molecule has 0 saturated heterocycles. The van der Waals surface area contributed by atoms with E-state index in [9.17, 15) is 0 Å². The summed E-state index contributed by atoms with van der Waals surface area (Å²) >= 11 is 0. The van der Waals surface area contributed by atoms with Gasteiger partial charge in [-0.3, -0.25) is 0 Å². The standard InChI is InChI=1S/C9H18/c1-3-4-9-6-5-8(2)7-9/h8-9H,3-7H2,1-2H3/t8?,9-/m1/s1. The van der Waals surface area contributed by atoms with Crippen molar-refractivity contribution >= 4 is 0 Å². The summed E-state index contributed by atoms with van der Waals surface area (Å²) in [5, 5.41) is 0. The van der Waals surface area contributed by atoms with Crippen LogP contribution in [0.15, 0.2) is 0 Å². The van der Waals surface area contributed by atoms with E-state index in [-0.39, 0.29) is 0 Å². The fourth-order valence-electron chi connectivity index (χ4n) is 2.00. The van der Waals surface area contributed by atoms with Gasteiger partial charge in [0.05, 0.1) is 0 Å². The summed E-state index contributed by atoms with van der Waals surface area (Å²) in [5.74, 6) is 2.12. The first-order valence-corrected chi connectivity index (χ1v) is 4.33. The first-order chi connectivity index (χ1) is 4.33. The second-order valence-corrected chi connectivity index (χ2v) is 3.57. The van der Waals surface area contributed by atoms with Crippen molar-refractivity contribution < 1.29 is 0 Å². The highest BCUT2D eigenvalue weighted by Crippen LogP contribution is 2.32. The Morgan fingerprint density at radius 2 is 2.11 bits per heavy atom. The summed E-state index contributed by atoms with van der Waals surface area (Å²) in [4.78, 5) is 0. The average Bonchev–Trinajstić information content (AvgIpc) is 2.17. The van der Waals surface area contributed by atoms with Crippen LogP contribution in [-0.2, 0) is 0 Å². The lowest BCUT2D eigenvalue weighted by Gasteiger charge is -2.05. The topological polar surface area (TPSA) is 0 Å². The van der Waals surface area contributed by atoms with Crippen molar-refractivity contribution in [3.05, 3.63) is 0 Å². The average molecular weight is 126 g/mol. The van der Waals surface area contributed by atoms with Gasteiger partial charge in [-0.1, -0.05) is 39.5 Å². The smallest absolute Gasteiger partial charge is 0.0412 e. The molecule has 0 heterocycles. The summed E-state index contributed by atoms with van der Waals surface area (Å²) < 4.78 is 0. The fraction of sp³-hybridized carbons (Fsp3) is 1.00. The lowest BCUT2D eigenvalue weighted by Crippen LogP contribution is -1.92. The van der Waals surface area contributed by atoms with Crippen LogP contribution in [0.25, 0.3) is 0 Å². The van der Waals surface area contributed by atoms with Crippen LogP contribution in [0.4, 0.5) is 0 Å². The molecule has 1 aliphatic rings. The molecule has 1 rings (SSSR count). The minimum atomic E-state index is 1.03. The number of rotatable bonds is 2. The van der Waals surface area contributed by atoms with Crippen molar-refractivity contribution in [2.24, 2.45) is 11.8 Å². The summed E-state index contributed by atoms with van der Waals surface area (Å²) in [6, 6.07) is 0. The lowest BCUT2D eigenvalue weighted by atomic mass is 10.0. The third-order valence-corrected chi connectivity index (χ3v) is 2.50. The number of hydrogen-bond acceptors (Lipinski definition) is 0. The first kappa shape index (κ1) is 7.11. The van der Waals surface area contributed by atoms with E-state index in [1.165, 1.54) is 32.1 Å². The van der Waals surface area contributed by atoms with Crippen LogP contribution in [-0.4, -0.2) is 0 Å². The Labute approximate surface area is 58.7 Å². The van der Waals surface area contributed by atoms with E-state index in [4.69, 9.17) is 0 Å². The Bertz CT molecular complexity index is 74.1. The molecule has 0 aliphatic heterocycles. The maximum Gasteiger partial charge on any atom is -0.0412 e. The molecule has 0 bridgehead atoms. The highest BCUT2D eigenvalue weighted by molar-refractivity contribution is 4.71. The van der Waals surface area contributed by atoms with Crippen molar-refractivity contribution in [3.8, 4) is 0 Å². The first-order valence-electron chi connectivity index (χ1n) is 4.33. The molecule has 1 unspecified atom stereocenters. The zero-order chi connectivity index (χ0) is 6.69. The molecule has 0 aromatic rings. The SMILES string of the molecule is CCC[C@@H]1CCC(C)C1. The second-order valence-electron chi connectivity index (χ2n) is 3.57. The largest absolute Gasteiger partial charge is 0.0654 e. The Balaban J connectivity index is 2.14. The van der Waals surface area contributed by atoms with Gasteiger partial charge in [0.1, 0.15) is 0 Å². The fourth-order valence-corrected chi connectivity index (χ4v) is 2.00. The maximum absolute atomic E-state index is 2.38. The lowest BCUT2D eigenvalue weighted by molar-refractivity contribution is 0.474. The predicted octanol–water partition coefficient (Wildman–Crippen LogP) is 3.22. The normalized spacial score (nSPS) is 35.3. The molecule has 0 amide bonds. The van der Waals surface area contributed by atoms with Gasteiger partial charge in [-0.15, -0.1) is 0 Å². The van der Waals surface area contributed by atoms with Crippen LogP contribution in [0, 0.1) is 11.8 Å². The molecule has 0 heteroatoms. The molecule has 0 aromatic carbocycles. The van der Waals surface area contributed by atoms with Gasteiger partial charge in [0.25, 0.3) is 0 Å².